The zero-order chi connectivity index (χ0) is 24.3. The first kappa shape index (κ1) is 22.7. The SMILES string of the molecule is CC(C)(C)c1cc2cc(NC(=O)C3(c4ccc5c(c4)OCO5)CC3)c(F)cc2n1C[C@H](O)CO. The molecule has 0 spiro atoms. The van der Waals surface area contributed by atoms with Crippen molar-refractivity contribution < 1.29 is 28.9 Å². The van der Waals surface area contributed by atoms with Gasteiger partial charge < -0.3 is 29.6 Å². The minimum absolute atomic E-state index is 0.116. The van der Waals surface area contributed by atoms with E-state index in [-0.39, 0.29) is 37.0 Å². The summed E-state index contributed by atoms with van der Waals surface area (Å²) in [7, 11) is 0. The summed E-state index contributed by atoms with van der Waals surface area (Å²) in [4.78, 5) is 13.3. The van der Waals surface area contributed by atoms with E-state index in [2.05, 4.69) is 5.32 Å². The van der Waals surface area contributed by atoms with Crippen molar-refractivity contribution in [1.82, 2.24) is 4.57 Å². The van der Waals surface area contributed by atoms with Crippen molar-refractivity contribution in [2.24, 2.45) is 0 Å². The van der Waals surface area contributed by atoms with E-state index >= 15 is 4.39 Å². The van der Waals surface area contributed by atoms with Crippen molar-refractivity contribution in [2.45, 2.75) is 57.1 Å². The highest BCUT2D eigenvalue weighted by atomic mass is 19.1. The second kappa shape index (κ2) is 7.99. The first-order valence-corrected chi connectivity index (χ1v) is 11.5. The number of hydrogen-bond donors (Lipinski definition) is 3. The molecule has 0 radical (unpaired) electrons. The average Bonchev–Trinajstić information content (AvgIpc) is 3.35. The van der Waals surface area contributed by atoms with Crippen LogP contribution < -0.4 is 14.8 Å². The Kier molecular flexibility index (Phi) is 5.33. The fraction of sp³-hybridized carbons (Fsp3) is 0.423. The minimum Gasteiger partial charge on any atom is -0.454 e. The van der Waals surface area contributed by atoms with E-state index in [4.69, 9.17) is 9.47 Å². The molecule has 1 fully saturated rings. The van der Waals surface area contributed by atoms with Crippen molar-refractivity contribution in [2.75, 3.05) is 18.7 Å². The molecule has 1 atom stereocenters. The van der Waals surface area contributed by atoms with Crippen molar-refractivity contribution in [3.05, 3.63) is 53.5 Å². The smallest absolute Gasteiger partial charge is 0.235 e. The maximum Gasteiger partial charge on any atom is 0.235 e. The first-order chi connectivity index (χ1) is 16.1. The molecule has 5 rings (SSSR count). The van der Waals surface area contributed by atoms with Crippen LogP contribution in [0, 0.1) is 5.82 Å². The Morgan fingerprint density at radius 1 is 1.18 bits per heavy atom. The summed E-state index contributed by atoms with van der Waals surface area (Å²) in [6, 6.07) is 10.5. The third-order valence-electron chi connectivity index (χ3n) is 6.72. The molecule has 2 aliphatic rings. The second-order valence-electron chi connectivity index (χ2n) is 10.2. The van der Waals surface area contributed by atoms with Crippen molar-refractivity contribution in [3.8, 4) is 11.5 Å². The van der Waals surface area contributed by atoms with Gasteiger partial charge in [0.05, 0.1) is 35.9 Å². The highest BCUT2D eigenvalue weighted by Gasteiger charge is 2.52. The standard InChI is InChI=1S/C26H29FN2O5/c1-25(2,3)23-9-15-8-19(18(27)11-20(15)29(23)12-17(31)13-30)28-24(32)26(6-7-26)16-4-5-21-22(10-16)34-14-33-21/h4-5,8-11,17,30-31H,6-7,12-14H2,1-3H3,(H,28,32)/t17-/m0/s1. The summed E-state index contributed by atoms with van der Waals surface area (Å²) < 4.78 is 27.8. The Morgan fingerprint density at radius 2 is 1.91 bits per heavy atom. The number of hydrogen-bond acceptors (Lipinski definition) is 5. The van der Waals surface area contributed by atoms with Gasteiger partial charge >= 0.3 is 0 Å². The fourth-order valence-corrected chi connectivity index (χ4v) is 4.67. The highest BCUT2D eigenvalue weighted by Crippen LogP contribution is 2.51. The molecule has 3 N–H and O–H groups in total. The number of aromatic nitrogens is 1. The number of carbonyl (C=O) groups excluding carboxylic acids is 1. The molecule has 0 unspecified atom stereocenters. The molecule has 3 aromatic rings. The monoisotopic (exact) mass is 468 g/mol. The lowest BCUT2D eigenvalue weighted by Crippen LogP contribution is -2.28. The zero-order valence-corrected chi connectivity index (χ0v) is 19.5. The summed E-state index contributed by atoms with van der Waals surface area (Å²) in [5, 5.41) is 22.9. The number of aliphatic hydroxyl groups excluding tert-OH is 2. The van der Waals surface area contributed by atoms with Gasteiger partial charge in [-0.25, -0.2) is 4.39 Å². The normalized spacial score (nSPS) is 17.1. The Hall–Kier alpha value is -3.10. The van der Waals surface area contributed by atoms with Gasteiger partial charge in [0.15, 0.2) is 11.5 Å². The van der Waals surface area contributed by atoms with E-state index in [0.717, 1.165) is 16.6 Å². The van der Waals surface area contributed by atoms with Crippen LogP contribution in [0.4, 0.5) is 10.1 Å². The summed E-state index contributed by atoms with van der Waals surface area (Å²) in [5.74, 6) is 0.462. The summed E-state index contributed by atoms with van der Waals surface area (Å²) in [5.41, 5.74) is 1.46. The van der Waals surface area contributed by atoms with Gasteiger partial charge in [-0.1, -0.05) is 26.8 Å². The van der Waals surface area contributed by atoms with Crippen molar-refractivity contribution >= 4 is 22.5 Å². The van der Waals surface area contributed by atoms with Crippen molar-refractivity contribution in [3.63, 3.8) is 0 Å². The van der Waals surface area contributed by atoms with Crippen LogP contribution in [-0.4, -0.2) is 40.2 Å². The van der Waals surface area contributed by atoms with E-state index in [1.807, 2.05) is 43.5 Å². The molecular weight excluding hydrogens is 439 g/mol. The van der Waals surface area contributed by atoms with Gasteiger partial charge in [0.2, 0.25) is 12.7 Å². The van der Waals surface area contributed by atoms with Crippen LogP contribution in [0.25, 0.3) is 10.9 Å². The summed E-state index contributed by atoms with van der Waals surface area (Å²) >= 11 is 0. The van der Waals surface area contributed by atoms with Crippen LogP contribution >= 0.6 is 0 Å². The van der Waals surface area contributed by atoms with Crippen LogP contribution in [0.5, 0.6) is 11.5 Å². The number of ether oxygens (including phenoxy) is 2. The molecule has 180 valence electrons. The predicted octanol–water partition coefficient (Wildman–Crippen LogP) is 3.83. The van der Waals surface area contributed by atoms with Gasteiger partial charge in [-0.3, -0.25) is 4.79 Å². The Morgan fingerprint density at radius 3 is 2.59 bits per heavy atom. The molecule has 2 heterocycles. The number of fused-ring (bicyclic) bond motifs is 2. The van der Waals surface area contributed by atoms with Crippen LogP contribution in [0.1, 0.15) is 44.9 Å². The van der Waals surface area contributed by atoms with Gasteiger partial charge in [0.25, 0.3) is 0 Å². The predicted molar refractivity (Wildman–Crippen MR) is 126 cm³/mol. The Labute approximate surface area is 197 Å². The molecule has 7 nitrogen and oxygen atoms in total. The molecule has 1 aliphatic heterocycles. The lowest BCUT2D eigenvalue weighted by molar-refractivity contribution is -0.118. The number of nitrogens with one attached hydrogen (secondary N) is 1. The van der Waals surface area contributed by atoms with Gasteiger partial charge in [0.1, 0.15) is 5.82 Å². The number of benzene rings is 2. The molecule has 1 aliphatic carbocycles. The van der Waals surface area contributed by atoms with E-state index in [1.54, 1.807) is 12.1 Å². The first-order valence-electron chi connectivity index (χ1n) is 11.5. The maximum absolute atomic E-state index is 15.2. The number of rotatable bonds is 6. The lowest BCUT2D eigenvalue weighted by Gasteiger charge is -2.23. The Balaban J connectivity index is 1.47. The molecule has 1 saturated carbocycles. The second-order valence-corrected chi connectivity index (χ2v) is 10.2. The Bertz CT molecular complexity index is 1270. The molecule has 1 amide bonds. The number of carbonyl (C=O) groups is 1. The molecule has 34 heavy (non-hydrogen) atoms. The average molecular weight is 469 g/mol. The van der Waals surface area contributed by atoms with Crippen molar-refractivity contribution in [1.29, 1.82) is 0 Å². The number of aliphatic hydroxyl groups is 2. The maximum atomic E-state index is 15.2. The molecule has 8 heteroatoms. The molecular formula is C26H29FN2O5. The number of anilines is 1. The number of halogens is 1. The van der Waals surface area contributed by atoms with E-state index in [1.165, 1.54) is 6.07 Å². The van der Waals surface area contributed by atoms with Crippen LogP contribution in [0.2, 0.25) is 0 Å². The van der Waals surface area contributed by atoms with Gasteiger partial charge in [-0.15, -0.1) is 0 Å². The number of nitrogens with zero attached hydrogens (tertiary/aromatic N) is 1. The van der Waals surface area contributed by atoms with E-state index < -0.39 is 17.3 Å². The lowest BCUT2D eigenvalue weighted by atomic mass is 9.92. The zero-order valence-electron chi connectivity index (χ0n) is 19.5. The largest absolute Gasteiger partial charge is 0.454 e. The van der Waals surface area contributed by atoms with Crippen LogP contribution in [-0.2, 0) is 22.2 Å². The quantitative estimate of drug-likeness (QED) is 0.511. The molecule has 1 aromatic heterocycles. The van der Waals surface area contributed by atoms with Gasteiger partial charge in [-0.2, -0.15) is 0 Å². The van der Waals surface area contributed by atoms with E-state index in [9.17, 15) is 15.0 Å². The third kappa shape index (κ3) is 3.80. The van der Waals surface area contributed by atoms with Gasteiger partial charge in [-0.05, 0) is 42.7 Å². The third-order valence-corrected chi connectivity index (χ3v) is 6.72. The summed E-state index contributed by atoms with van der Waals surface area (Å²) in [6.07, 6.45) is 0.383. The highest BCUT2D eigenvalue weighted by molar-refractivity contribution is 6.02. The molecule has 0 bridgehead atoms. The number of amides is 1. The van der Waals surface area contributed by atoms with Gasteiger partial charge in [0, 0.05) is 22.6 Å². The topological polar surface area (TPSA) is 93.0 Å². The molecule has 2 aromatic carbocycles. The summed E-state index contributed by atoms with van der Waals surface area (Å²) in [6.45, 7) is 6.01. The van der Waals surface area contributed by atoms with E-state index in [0.29, 0.717) is 29.9 Å². The minimum atomic E-state index is -0.962. The van der Waals surface area contributed by atoms with Crippen LogP contribution in [0.15, 0.2) is 36.4 Å². The fourth-order valence-electron chi connectivity index (χ4n) is 4.67. The van der Waals surface area contributed by atoms with Crippen LogP contribution in [0.3, 0.4) is 0 Å². The molecule has 0 saturated heterocycles.